The van der Waals surface area contributed by atoms with Crippen LogP contribution in [-0.4, -0.2) is 49.2 Å². The van der Waals surface area contributed by atoms with E-state index in [2.05, 4.69) is 0 Å². The summed E-state index contributed by atoms with van der Waals surface area (Å²) in [6.45, 7) is 0. The Morgan fingerprint density at radius 1 is 1.46 bits per heavy atom. The predicted molar refractivity (Wildman–Crippen MR) is 116 cm³/mol. The molecule has 1 aliphatic heterocycles. The number of hydrogen-bond acceptors (Lipinski definition) is 7. The van der Waals surface area contributed by atoms with Gasteiger partial charge in [0, 0.05) is 17.2 Å². The molecule has 0 bridgehead atoms. The van der Waals surface area contributed by atoms with Crippen molar-refractivity contribution in [2.45, 2.75) is 12.5 Å². The van der Waals surface area contributed by atoms with Gasteiger partial charge in [0.2, 0.25) is 0 Å². The molecule has 1 amide bonds. The van der Waals surface area contributed by atoms with Crippen LogP contribution in [0.15, 0.2) is 40.3 Å². The van der Waals surface area contributed by atoms with Crippen LogP contribution < -0.4 is 0 Å². The molecule has 148 valence electrons. The number of carbonyl (C=O) groups is 2. The van der Waals surface area contributed by atoms with Crippen molar-refractivity contribution in [1.29, 1.82) is 0 Å². The smallest absolute Gasteiger partial charge is 0.326 e. The lowest BCUT2D eigenvalue weighted by Gasteiger charge is -2.22. The monoisotopic (exact) mass is 458 g/mol. The Balaban J connectivity index is 2.21. The van der Waals surface area contributed by atoms with Crippen molar-refractivity contribution in [3.8, 4) is 0 Å². The van der Waals surface area contributed by atoms with Gasteiger partial charge in [0.15, 0.2) is 0 Å². The minimum Gasteiger partial charge on any atom is -0.480 e. The zero-order chi connectivity index (χ0) is 20.8. The van der Waals surface area contributed by atoms with Gasteiger partial charge in [-0.1, -0.05) is 35.6 Å². The van der Waals surface area contributed by atoms with Gasteiger partial charge in [-0.2, -0.15) is 11.8 Å². The number of rotatable bonds is 8. The molecule has 11 heteroatoms. The van der Waals surface area contributed by atoms with Crippen molar-refractivity contribution in [3.05, 3.63) is 56.0 Å². The quantitative estimate of drug-likeness (QED) is 0.268. The zero-order valence-corrected chi connectivity index (χ0v) is 17.7. The van der Waals surface area contributed by atoms with Crippen LogP contribution >= 0.6 is 47.3 Å². The normalized spacial score (nSPS) is 17.3. The molecule has 1 atom stereocenters. The highest BCUT2D eigenvalue weighted by Gasteiger charge is 2.40. The first-order chi connectivity index (χ1) is 13.2. The summed E-state index contributed by atoms with van der Waals surface area (Å²) in [5.74, 6) is -1.04. The van der Waals surface area contributed by atoms with E-state index in [4.69, 9.17) is 23.8 Å². The summed E-state index contributed by atoms with van der Waals surface area (Å²) in [5.41, 5.74) is 0.574. The van der Waals surface area contributed by atoms with E-state index in [1.807, 2.05) is 6.26 Å². The first-order valence-electron chi connectivity index (χ1n) is 7.85. The molecule has 1 N–H and O–H groups in total. The minimum absolute atomic E-state index is 0.0425. The third-order valence-electron chi connectivity index (χ3n) is 3.69. The van der Waals surface area contributed by atoms with E-state index in [-0.39, 0.29) is 26.4 Å². The molecule has 0 aromatic heterocycles. The standard InChI is InChI=1S/C17H15ClN2O5S3/c1-27-7-6-13(16(22)23)19-15(21)14(28-17(19)26)9-11(18)8-10-2-4-12(5-3-10)20(24)25/h2-5,8-9,13H,6-7H2,1H3,(H,22,23)/b11-8-,14-9-/t13-/m1/s1. The highest BCUT2D eigenvalue weighted by Crippen LogP contribution is 2.35. The van der Waals surface area contributed by atoms with Gasteiger partial charge in [-0.15, -0.1) is 0 Å². The lowest BCUT2D eigenvalue weighted by Crippen LogP contribution is -2.44. The number of benzene rings is 1. The first-order valence-corrected chi connectivity index (χ1v) is 10.8. The van der Waals surface area contributed by atoms with Crippen molar-refractivity contribution in [3.63, 3.8) is 0 Å². The second-order valence-electron chi connectivity index (χ2n) is 5.57. The fourth-order valence-corrected chi connectivity index (χ4v) is 4.47. The average Bonchev–Trinajstić information content (AvgIpc) is 2.89. The number of hydrogen-bond donors (Lipinski definition) is 1. The van der Waals surface area contributed by atoms with Crippen LogP contribution in [0.3, 0.4) is 0 Å². The molecule has 1 aliphatic rings. The van der Waals surface area contributed by atoms with E-state index in [9.17, 15) is 24.8 Å². The summed E-state index contributed by atoms with van der Waals surface area (Å²) in [5, 5.41) is 20.3. The molecule has 1 fully saturated rings. The summed E-state index contributed by atoms with van der Waals surface area (Å²) in [6, 6.07) is 4.73. The van der Waals surface area contributed by atoms with Crippen LogP contribution in [0.4, 0.5) is 5.69 Å². The minimum atomic E-state index is -1.11. The second kappa shape index (κ2) is 10.1. The summed E-state index contributed by atoms with van der Waals surface area (Å²) in [4.78, 5) is 35.7. The number of carboxylic acids is 1. The van der Waals surface area contributed by atoms with E-state index in [1.165, 1.54) is 42.1 Å². The van der Waals surface area contributed by atoms with Crippen LogP contribution in [0.25, 0.3) is 6.08 Å². The molecule has 0 radical (unpaired) electrons. The van der Waals surface area contributed by atoms with Gasteiger partial charge < -0.3 is 5.11 Å². The molecule has 7 nitrogen and oxygen atoms in total. The molecular weight excluding hydrogens is 444 g/mol. The van der Waals surface area contributed by atoms with E-state index in [0.717, 1.165) is 16.7 Å². The molecule has 1 aromatic carbocycles. The number of allylic oxidation sites excluding steroid dienone is 2. The Kier molecular flexibility index (Phi) is 8.05. The summed E-state index contributed by atoms with van der Waals surface area (Å²) in [6.07, 6.45) is 5.09. The van der Waals surface area contributed by atoms with E-state index < -0.39 is 22.8 Å². The molecule has 0 unspecified atom stereocenters. The van der Waals surface area contributed by atoms with Crippen LogP contribution in [0.1, 0.15) is 12.0 Å². The van der Waals surface area contributed by atoms with E-state index >= 15 is 0 Å². The molecule has 1 heterocycles. The lowest BCUT2D eigenvalue weighted by atomic mass is 10.2. The molecule has 2 rings (SSSR count). The maximum Gasteiger partial charge on any atom is 0.326 e. The fourth-order valence-electron chi connectivity index (χ4n) is 2.36. The van der Waals surface area contributed by atoms with Gasteiger partial charge in [-0.25, -0.2) is 4.79 Å². The van der Waals surface area contributed by atoms with Crippen molar-refractivity contribution < 1.29 is 19.6 Å². The van der Waals surface area contributed by atoms with Gasteiger partial charge >= 0.3 is 5.97 Å². The van der Waals surface area contributed by atoms with E-state index in [0.29, 0.717) is 11.3 Å². The molecule has 28 heavy (non-hydrogen) atoms. The number of carbonyl (C=O) groups excluding carboxylic acids is 1. The molecular formula is C17H15ClN2O5S3. The van der Waals surface area contributed by atoms with Crippen molar-refractivity contribution in [2.75, 3.05) is 12.0 Å². The third-order valence-corrected chi connectivity index (χ3v) is 5.89. The number of non-ortho nitro benzene ring substituents is 1. The summed E-state index contributed by atoms with van der Waals surface area (Å²) in [7, 11) is 0. The van der Waals surface area contributed by atoms with Gasteiger partial charge in [0.25, 0.3) is 11.6 Å². The van der Waals surface area contributed by atoms with Crippen molar-refractivity contribution in [1.82, 2.24) is 4.90 Å². The second-order valence-corrected chi connectivity index (χ2v) is 8.66. The zero-order valence-electron chi connectivity index (χ0n) is 14.5. The van der Waals surface area contributed by atoms with Gasteiger partial charge in [0.1, 0.15) is 10.4 Å². The molecule has 0 spiro atoms. The maximum atomic E-state index is 12.7. The number of nitro benzene ring substituents is 1. The highest BCUT2D eigenvalue weighted by molar-refractivity contribution is 8.26. The Labute approximate surface area is 179 Å². The van der Waals surface area contributed by atoms with Crippen LogP contribution in [-0.2, 0) is 9.59 Å². The summed E-state index contributed by atoms with van der Waals surface area (Å²) >= 11 is 13.9. The van der Waals surface area contributed by atoms with Gasteiger partial charge in [-0.3, -0.25) is 19.8 Å². The van der Waals surface area contributed by atoms with Crippen LogP contribution in [0, 0.1) is 10.1 Å². The number of carboxylic acid groups (broad SMARTS) is 1. The SMILES string of the molecule is CSCC[C@H](C(=O)O)N1C(=O)/C(=C/C(Cl)=C/c2ccc([N+](=O)[O-])cc2)SC1=S. The number of nitro groups is 1. The Morgan fingerprint density at radius 3 is 2.64 bits per heavy atom. The summed E-state index contributed by atoms with van der Waals surface area (Å²) < 4.78 is 0.171. The van der Waals surface area contributed by atoms with Crippen molar-refractivity contribution >= 4 is 75.3 Å². The number of nitrogens with zero attached hydrogens (tertiary/aromatic N) is 2. The molecule has 1 aromatic rings. The number of halogens is 1. The average molecular weight is 459 g/mol. The highest BCUT2D eigenvalue weighted by atomic mass is 35.5. The Bertz CT molecular complexity index is 870. The molecule has 0 aliphatic carbocycles. The van der Waals surface area contributed by atoms with Gasteiger partial charge in [0.05, 0.1) is 9.83 Å². The van der Waals surface area contributed by atoms with Crippen LogP contribution in [0.2, 0.25) is 0 Å². The maximum absolute atomic E-state index is 12.7. The Morgan fingerprint density at radius 2 is 2.11 bits per heavy atom. The van der Waals surface area contributed by atoms with E-state index in [1.54, 1.807) is 6.08 Å². The topological polar surface area (TPSA) is 101 Å². The molecule has 1 saturated heterocycles. The Hall–Kier alpha value is -1.88. The van der Waals surface area contributed by atoms with Gasteiger partial charge in [-0.05, 0) is 48.3 Å². The van der Waals surface area contributed by atoms with Crippen molar-refractivity contribution in [2.24, 2.45) is 0 Å². The first kappa shape index (κ1) is 22.4. The number of thioether (sulfide) groups is 2. The largest absolute Gasteiger partial charge is 0.480 e. The number of thiocarbonyl (C=S) groups is 1. The number of amides is 1. The van der Waals surface area contributed by atoms with Crippen LogP contribution in [0.5, 0.6) is 0 Å². The predicted octanol–water partition coefficient (Wildman–Crippen LogP) is 4.13. The lowest BCUT2D eigenvalue weighted by molar-refractivity contribution is -0.384. The number of aliphatic carboxylic acids is 1. The third kappa shape index (κ3) is 5.57. The fraction of sp³-hybridized carbons (Fsp3) is 0.235. The molecule has 0 saturated carbocycles.